The SMILES string of the molecule is N#CC1CCC(C2CCC(CCCCCC/C=C/F)CC2)CC1. The van der Waals surface area contributed by atoms with Gasteiger partial charge in [-0.1, -0.05) is 44.6 Å². The van der Waals surface area contributed by atoms with Crippen molar-refractivity contribution >= 4 is 0 Å². The van der Waals surface area contributed by atoms with Crippen molar-refractivity contribution in [1.29, 1.82) is 5.26 Å². The molecule has 0 heterocycles. The average Bonchev–Trinajstić information content (AvgIpc) is 2.61. The fourth-order valence-electron chi connectivity index (χ4n) is 4.78. The molecule has 0 unspecified atom stereocenters. The first-order valence-electron chi connectivity index (χ1n) is 9.98. The third kappa shape index (κ3) is 6.66. The topological polar surface area (TPSA) is 23.8 Å². The summed E-state index contributed by atoms with van der Waals surface area (Å²) in [6, 6.07) is 2.46. The molecule has 0 amide bonds. The third-order valence-electron chi connectivity index (χ3n) is 6.33. The number of hydrogen-bond acceptors (Lipinski definition) is 1. The van der Waals surface area contributed by atoms with Gasteiger partial charge in [0.05, 0.1) is 12.4 Å². The molecule has 0 saturated heterocycles. The fourth-order valence-corrected chi connectivity index (χ4v) is 4.78. The van der Waals surface area contributed by atoms with Crippen molar-refractivity contribution in [1.82, 2.24) is 0 Å². The normalized spacial score (nSPS) is 32.0. The minimum Gasteiger partial charge on any atom is -0.216 e. The van der Waals surface area contributed by atoms with Gasteiger partial charge in [0.2, 0.25) is 0 Å². The monoisotopic (exact) mass is 319 g/mol. The lowest BCUT2D eigenvalue weighted by molar-refractivity contribution is 0.152. The Labute approximate surface area is 142 Å². The Morgan fingerprint density at radius 2 is 1.43 bits per heavy atom. The second-order valence-electron chi connectivity index (χ2n) is 7.87. The Balaban J connectivity index is 1.52. The van der Waals surface area contributed by atoms with Gasteiger partial charge in [0.1, 0.15) is 0 Å². The van der Waals surface area contributed by atoms with Crippen molar-refractivity contribution in [3.63, 3.8) is 0 Å². The molecule has 2 saturated carbocycles. The molecule has 2 fully saturated rings. The van der Waals surface area contributed by atoms with E-state index in [-0.39, 0.29) is 0 Å². The van der Waals surface area contributed by atoms with Crippen molar-refractivity contribution in [3.8, 4) is 6.07 Å². The van der Waals surface area contributed by atoms with Gasteiger partial charge in [-0.3, -0.25) is 0 Å². The molecule has 0 aliphatic heterocycles. The van der Waals surface area contributed by atoms with Crippen LogP contribution in [0.25, 0.3) is 0 Å². The zero-order valence-corrected chi connectivity index (χ0v) is 14.7. The van der Waals surface area contributed by atoms with Gasteiger partial charge < -0.3 is 0 Å². The Kier molecular flexibility index (Phi) is 8.72. The maximum Gasteiger partial charge on any atom is 0.0827 e. The quantitative estimate of drug-likeness (QED) is 0.444. The first-order valence-corrected chi connectivity index (χ1v) is 9.98. The van der Waals surface area contributed by atoms with E-state index in [2.05, 4.69) is 6.07 Å². The van der Waals surface area contributed by atoms with E-state index in [1.807, 2.05) is 0 Å². The van der Waals surface area contributed by atoms with Gasteiger partial charge in [0.15, 0.2) is 0 Å². The molecular formula is C21H34FN. The number of hydrogen-bond donors (Lipinski definition) is 0. The van der Waals surface area contributed by atoms with Crippen LogP contribution < -0.4 is 0 Å². The van der Waals surface area contributed by atoms with Crippen LogP contribution in [0, 0.1) is 35.0 Å². The number of nitrogens with zero attached hydrogens (tertiary/aromatic N) is 1. The van der Waals surface area contributed by atoms with Crippen LogP contribution in [-0.2, 0) is 0 Å². The molecule has 2 heteroatoms. The molecule has 130 valence electrons. The predicted molar refractivity (Wildman–Crippen MR) is 94.5 cm³/mol. The highest BCUT2D eigenvalue weighted by Crippen LogP contribution is 2.42. The molecule has 0 N–H and O–H groups in total. The predicted octanol–water partition coefficient (Wildman–Crippen LogP) is 6.95. The van der Waals surface area contributed by atoms with E-state index in [1.54, 1.807) is 6.08 Å². The van der Waals surface area contributed by atoms with E-state index < -0.39 is 0 Å². The summed E-state index contributed by atoms with van der Waals surface area (Å²) < 4.78 is 11.8. The molecule has 23 heavy (non-hydrogen) atoms. The van der Waals surface area contributed by atoms with Gasteiger partial charge >= 0.3 is 0 Å². The number of unbranched alkanes of at least 4 members (excludes halogenated alkanes) is 4. The maximum absolute atomic E-state index is 11.8. The van der Waals surface area contributed by atoms with Gasteiger partial charge in [0, 0.05) is 5.92 Å². The van der Waals surface area contributed by atoms with Crippen molar-refractivity contribution in [2.24, 2.45) is 23.7 Å². The van der Waals surface area contributed by atoms with Gasteiger partial charge in [-0.25, -0.2) is 4.39 Å². The Bertz CT molecular complexity index is 368. The Morgan fingerprint density at radius 3 is 2.04 bits per heavy atom. The van der Waals surface area contributed by atoms with Gasteiger partial charge in [-0.2, -0.15) is 5.26 Å². The first-order chi connectivity index (χ1) is 11.3. The van der Waals surface area contributed by atoms with Crippen LogP contribution in [0.2, 0.25) is 0 Å². The molecule has 0 radical (unpaired) electrons. The fraction of sp³-hybridized carbons (Fsp3) is 0.857. The summed E-state index contributed by atoms with van der Waals surface area (Å²) in [4.78, 5) is 0. The van der Waals surface area contributed by atoms with E-state index in [9.17, 15) is 4.39 Å². The molecule has 0 spiro atoms. The molecule has 0 bridgehead atoms. The van der Waals surface area contributed by atoms with Crippen LogP contribution in [0.1, 0.15) is 89.9 Å². The summed E-state index contributed by atoms with van der Waals surface area (Å²) in [7, 11) is 0. The van der Waals surface area contributed by atoms with Gasteiger partial charge in [-0.05, 0) is 69.1 Å². The van der Waals surface area contributed by atoms with Gasteiger partial charge in [-0.15, -0.1) is 0 Å². The Morgan fingerprint density at radius 1 is 0.826 bits per heavy atom. The lowest BCUT2D eigenvalue weighted by Gasteiger charge is -2.36. The summed E-state index contributed by atoms with van der Waals surface area (Å²) in [6.45, 7) is 0. The van der Waals surface area contributed by atoms with E-state index >= 15 is 0 Å². The van der Waals surface area contributed by atoms with Crippen LogP contribution in [0.15, 0.2) is 12.4 Å². The molecule has 2 aliphatic rings. The molecule has 2 rings (SSSR count). The van der Waals surface area contributed by atoms with Crippen LogP contribution in [0.3, 0.4) is 0 Å². The van der Waals surface area contributed by atoms with Crippen molar-refractivity contribution in [2.75, 3.05) is 0 Å². The smallest absolute Gasteiger partial charge is 0.0827 e. The van der Waals surface area contributed by atoms with Crippen molar-refractivity contribution in [2.45, 2.75) is 89.9 Å². The summed E-state index contributed by atoms with van der Waals surface area (Å²) in [5, 5.41) is 9.02. The highest BCUT2D eigenvalue weighted by atomic mass is 19.1. The van der Waals surface area contributed by atoms with E-state index in [0.717, 1.165) is 43.4 Å². The first kappa shape index (κ1) is 18.5. The molecule has 0 aromatic rings. The lowest BCUT2D eigenvalue weighted by Crippen LogP contribution is -2.25. The minimum atomic E-state index is 0.350. The van der Waals surface area contributed by atoms with Crippen molar-refractivity contribution < 1.29 is 4.39 Å². The van der Waals surface area contributed by atoms with Gasteiger partial charge in [0.25, 0.3) is 0 Å². The standard InChI is InChI=1S/C21H34FN/c22-16-6-4-2-1-3-5-7-18-8-12-20(13-9-18)21-14-10-19(17-23)11-15-21/h6,16,18-21H,1-5,7-15H2/b16-6+. The molecule has 0 aromatic carbocycles. The minimum absolute atomic E-state index is 0.350. The van der Waals surface area contributed by atoms with Crippen LogP contribution in [-0.4, -0.2) is 0 Å². The number of nitriles is 1. The van der Waals surface area contributed by atoms with Crippen LogP contribution >= 0.6 is 0 Å². The summed E-state index contributed by atoms with van der Waals surface area (Å²) >= 11 is 0. The number of halogens is 1. The highest BCUT2D eigenvalue weighted by molar-refractivity contribution is 4.89. The zero-order valence-electron chi connectivity index (χ0n) is 14.7. The van der Waals surface area contributed by atoms with E-state index in [0.29, 0.717) is 12.2 Å². The Hall–Kier alpha value is -0.840. The summed E-state index contributed by atoms with van der Waals surface area (Å²) in [5.41, 5.74) is 0. The third-order valence-corrected chi connectivity index (χ3v) is 6.33. The molecule has 1 nitrogen and oxygen atoms in total. The van der Waals surface area contributed by atoms with Crippen molar-refractivity contribution in [3.05, 3.63) is 12.4 Å². The second-order valence-corrected chi connectivity index (χ2v) is 7.87. The lowest BCUT2D eigenvalue weighted by atomic mass is 9.69. The molecule has 0 atom stereocenters. The summed E-state index contributed by atoms with van der Waals surface area (Å²) in [5.74, 6) is 3.19. The molecular weight excluding hydrogens is 285 g/mol. The van der Waals surface area contributed by atoms with Crippen LogP contribution in [0.5, 0.6) is 0 Å². The molecule has 2 aliphatic carbocycles. The number of allylic oxidation sites excluding steroid dienone is 1. The highest BCUT2D eigenvalue weighted by Gasteiger charge is 2.30. The van der Waals surface area contributed by atoms with Crippen LogP contribution in [0.4, 0.5) is 4.39 Å². The second kappa shape index (κ2) is 10.8. The maximum atomic E-state index is 11.8. The summed E-state index contributed by atoms with van der Waals surface area (Å²) in [6.07, 6.45) is 20.3. The average molecular weight is 320 g/mol. The molecule has 0 aromatic heterocycles. The number of rotatable bonds is 8. The largest absolute Gasteiger partial charge is 0.216 e. The van der Waals surface area contributed by atoms with E-state index in [4.69, 9.17) is 5.26 Å². The van der Waals surface area contributed by atoms with E-state index in [1.165, 1.54) is 64.2 Å². The zero-order chi connectivity index (χ0) is 16.3.